The molecule has 0 N–H and O–H groups in total. The standard InChI is InChI=1S/C9H22Si/c1-8(2)5-6-10-7-9(3)4/h8-9H,5-7,10H2,1-4H3. The van der Waals surface area contributed by atoms with Crippen LogP contribution in [0.25, 0.3) is 0 Å². The number of rotatable bonds is 5. The van der Waals surface area contributed by atoms with Crippen LogP contribution in [0.4, 0.5) is 0 Å². The molecule has 1 heteroatoms. The molecule has 0 atom stereocenters. The first-order chi connectivity index (χ1) is 4.63. The van der Waals surface area contributed by atoms with E-state index in [1.807, 2.05) is 0 Å². The van der Waals surface area contributed by atoms with Gasteiger partial charge in [0, 0.05) is 9.52 Å². The minimum absolute atomic E-state index is 0.321. The van der Waals surface area contributed by atoms with Crippen molar-refractivity contribution in [2.45, 2.75) is 46.2 Å². The Hall–Kier alpha value is 0.217. The highest BCUT2D eigenvalue weighted by Gasteiger charge is 1.96. The smallest absolute Gasteiger partial charge is 0.0200 e. The van der Waals surface area contributed by atoms with Crippen LogP contribution in [0.3, 0.4) is 0 Å². The van der Waals surface area contributed by atoms with Gasteiger partial charge in [-0.05, 0) is 5.92 Å². The van der Waals surface area contributed by atoms with E-state index in [1.165, 1.54) is 6.42 Å². The summed E-state index contributed by atoms with van der Waals surface area (Å²) in [6.07, 6.45) is 1.47. The van der Waals surface area contributed by atoms with Crippen LogP contribution in [-0.2, 0) is 0 Å². The van der Waals surface area contributed by atoms with E-state index < -0.39 is 0 Å². The van der Waals surface area contributed by atoms with Crippen molar-refractivity contribution in [2.24, 2.45) is 11.8 Å². The summed E-state index contributed by atoms with van der Waals surface area (Å²) in [5, 5.41) is 0. The minimum Gasteiger partial charge on any atom is -0.0631 e. The van der Waals surface area contributed by atoms with Crippen LogP contribution in [0.15, 0.2) is 0 Å². The summed E-state index contributed by atoms with van der Waals surface area (Å²) in [5.41, 5.74) is 0. The molecule has 0 fully saturated rings. The first-order valence-corrected chi connectivity index (χ1v) is 6.63. The van der Waals surface area contributed by atoms with Gasteiger partial charge in [-0.1, -0.05) is 52.1 Å². The third kappa shape index (κ3) is 8.22. The quantitative estimate of drug-likeness (QED) is 0.426. The van der Waals surface area contributed by atoms with Gasteiger partial charge < -0.3 is 0 Å². The van der Waals surface area contributed by atoms with E-state index in [-0.39, 0.29) is 0 Å². The van der Waals surface area contributed by atoms with E-state index in [0.29, 0.717) is 9.52 Å². The largest absolute Gasteiger partial charge is 0.0631 e. The van der Waals surface area contributed by atoms with Gasteiger partial charge in [-0.2, -0.15) is 0 Å². The predicted octanol–water partition coefficient (Wildman–Crippen LogP) is 2.69. The lowest BCUT2D eigenvalue weighted by atomic mass is 10.2. The molecule has 0 aromatic rings. The Morgan fingerprint density at radius 1 is 1.00 bits per heavy atom. The molecule has 0 spiro atoms. The van der Waals surface area contributed by atoms with Gasteiger partial charge in [0.05, 0.1) is 0 Å². The van der Waals surface area contributed by atoms with Gasteiger partial charge in [0.15, 0.2) is 0 Å². The monoisotopic (exact) mass is 158 g/mol. The van der Waals surface area contributed by atoms with Crippen LogP contribution in [-0.4, -0.2) is 9.52 Å². The van der Waals surface area contributed by atoms with E-state index in [0.717, 1.165) is 11.8 Å². The lowest BCUT2D eigenvalue weighted by Crippen LogP contribution is -1.97. The van der Waals surface area contributed by atoms with Crippen LogP contribution in [0.5, 0.6) is 0 Å². The normalized spacial score (nSPS) is 12.6. The third-order valence-electron chi connectivity index (χ3n) is 1.81. The maximum absolute atomic E-state index is 2.34. The van der Waals surface area contributed by atoms with E-state index >= 15 is 0 Å². The zero-order valence-electron chi connectivity index (χ0n) is 7.98. The van der Waals surface area contributed by atoms with Crippen LogP contribution in [0.1, 0.15) is 34.1 Å². The van der Waals surface area contributed by atoms with E-state index in [9.17, 15) is 0 Å². The maximum atomic E-state index is 2.34. The summed E-state index contributed by atoms with van der Waals surface area (Å²) < 4.78 is 0. The molecular formula is C9H22Si. The average Bonchev–Trinajstić information content (AvgIpc) is 1.79. The van der Waals surface area contributed by atoms with Crippen LogP contribution in [0.2, 0.25) is 12.1 Å². The molecule has 0 aliphatic heterocycles. The minimum atomic E-state index is 0.321. The van der Waals surface area contributed by atoms with Crippen molar-refractivity contribution in [3.8, 4) is 0 Å². The molecule has 0 aromatic heterocycles. The molecule has 0 bridgehead atoms. The van der Waals surface area contributed by atoms with Gasteiger partial charge in [0.1, 0.15) is 0 Å². The summed E-state index contributed by atoms with van der Waals surface area (Å²) in [6, 6.07) is 3.11. The molecule has 10 heavy (non-hydrogen) atoms. The highest BCUT2D eigenvalue weighted by Crippen LogP contribution is 2.07. The van der Waals surface area contributed by atoms with Gasteiger partial charge >= 0.3 is 0 Å². The second-order valence-corrected chi connectivity index (χ2v) is 6.06. The van der Waals surface area contributed by atoms with Crippen molar-refractivity contribution in [1.82, 2.24) is 0 Å². The molecule has 0 rings (SSSR count). The lowest BCUT2D eigenvalue weighted by molar-refractivity contribution is 0.621. The molecular weight excluding hydrogens is 136 g/mol. The SMILES string of the molecule is CC(C)CC[SiH2]CC(C)C. The zero-order chi connectivity index (χ0) is 7.98. The fourth-order valence-corrected chi connectivity index (χ4v) is 3.32. The summed E-state index contributed by atoms with van der Waals surface area (Å²) in [6.45, 7) is 9.32. The van der Waals surface area contributed by atoms with E-state index in [1.54, 1.807) is 12.1 Å². The number of hydrogen-bond donors (Lipinski definition) is 0. The maximum Gasteiger partial charge on any atom is 0.0200 e. The van der Waals surface area contributed by atoms with Crippen molar-refractivity contribution in [3.05, 3.63) is 0 Å². The Morgan fingerprint density at radius 2 is 1.60 bits per heavy atom. The number of hydrogen-bond acceptors (Lipinski definition) is 0. The van der Waals surface area contributed by atoms with E-state index in [4.69, 9.17) is 0 Å². The first kappa shape index (κ1) is 10.2. The first-order valence-electron chi connectivity index (χ1n) is 4.63. The molecule has 0 nitrogen and oxygen atoms in total. The Morgan fingerprint density at radius 3 is 2.00 bits per heavy atom. The van der Waals surface area contributed by atoms with Crippen molar-refractivity contribution < 1.29 is 0 Å². The fourth-order valence-electron chi connectivity index (χ4n) is 1.11. The van der Waals surface area contributed by atoms with Crippen LogP contribution < -0.4 is 0 Å². The van der Waals surface area contributed by atoms with Gasteiger partial charge in [0.2, 0.25) is 0 Å². The van der Waals surface area contributed by atoms with Crippen molar-refractivity contribution in [2.75, 3.05) is 0 Å². The Bertz CT molecular complexity index is 57.1. The van der Waals surface area contributed by atoms with Gasteiger partial charge in [-0.25, -0.2) is 0 Å². The molecule has 0 unspecified atom stereocenters. The Kier molecular flexibility index (Phi) is 6.09. The molecule has 0 amide bonds. The molecule has 0 aliphatic rings. The highest BCUT2D eigenvalue weighted by molar-refractivity contribution is 6.35. The average molecular weight is 158 g/mol. The van der Waals surface area contributed by atoms with Crippen molar-refractivity contribution >= 4 is 9.52 Å². The predicted molar refractivity (Wildman–Crippen MR) is 52.5 cm³/mol. The second-order valence-electron chi connectivity index (χ2n) is 4.07. The van der Waals surface area contributed by atoms with Gasteiger partial charge in [-0.3, -0.25) is 0 Å². The third-order valence-corrected chi connectivity index (χ3v) is 4.28. The van der Waals surface area contributed by atoms with Crippen molar-refractivity contribution in [3.63, 3.8) is 0 Å². The molecule has 62 valence electrons. The summed E-state index contributed by atoms with van der Waals surface area (Å²) in [7, 11) is 0.321. The van der Waals surface area contributed by atoms with Gasteiger partial charge in [-0.15, -0.1) is 0 Å². The molecule has 0 aliphatic carbocycles. The molecule has 0 saturated carbocycles. The Labute approximate surface area is 68.2 Å². The van der Waals surface area contributed by atoms with Crippen LogP contribution in [0, 0.1) is 11.8 Å². The van der Waals surface area contributed by atoms with Crippen molar-refractivity contribution in [1.29, 1.82) is 0 Å². The molecule has 0 radical (unpaired) electrons. The van der Waals surface area contributed by atoms with Gasteiger partial charge in [0.25, 0.3) is 0 Å². The summed E-state index contributed by atoms with van der Waals surface area (Å²) >= 11 is 0. The second kappa shape index (κ2) is 5.96. The molecule has 0 heterocycles. The fraction of sp³-hybridized carbons (Fsp3) is 1.00. The Balaban J connectivity index is 2.91. The zero-order valence-corrected chi connectivity index (χ0v) is 9.40. The molecule has 0 aromatic carbocycles. The van der Waals surface area contributed by atoms with Crippen LogP contribution >= 0.6 is 0 Å². The topological polar surface area (TPSA) is 0 Å². The highest BCUT2D eigenvalue weighted by atomic mass is 28.2. The summed E-state index contributed by atoms with van der Waals surface area (Å²) in [4.78, 5) is 0. The molecule has 0 saturated heterocycles. The lowest BCUT2D eigenvalue weighted by Gasteiger charge is -2.04. The summed E-state index contributed by atoms with van der Waals surface area (Å²) in [5.74, 6) is 1.89. The van der Waals surface area contributed by atoms with E-state index in [2.05, 4.69) is 27.7 Å².